The minimum Gasteiger partial charge on any atom is -0.313 e. The average molecular weight is 319 g/mol. The molecular formula is C16H21N3O4. The number of benzene rings is 1. The number of oxime groups is 1. The highest BCUT2D eigenvalue weighted by atomic mass is 16.7. The van der Waals surface area contributed by atoms with Crippen LogP contribution in [0.5, 0.6) is 0 Å². The molecule has 0 amide bonds. The number of hydrogen-bond donors (Lipinski definition) is 1. The van der Waals surface area contributed by atoms with Crippen LogP contribution in [0.4, 0.5) is 5.69 Å². The molecule has 0 bridgehead atoms. The standard InChI is InChI=1S/C16H21N3O4/c1-15(2)9-12(10-16(3,4)18-15)17-23-14(20)11-6-5-7-13(8-11)19(21)22/h5-8,18H,9-10H2,1-4H3. The number of nitro benzene ring substituents is 1. The van der Waals surface area contributed by atoms with Crippen LogP contribution in [0, 0.1) is 10.1 Å². The highest BCUT2D eigenvalue weighted by Gasteiger charge is 2.36. The molecule has 7 heteroatoms. The molecule has 0 saturated carbocycles. The predicted octanol–water partition coefficient (Wildman–Crippen LogP) is 3.05. The molecule has 7 nitrogen and oxygen atoms in total. The summed E-state index contributed by atoms with van der Waals surface area (Å²) in [5.41, 5.74) is 0.460. The van der Waals surface area contributed by atoms with Crippen molar-refractivity contribution in [2.75, 3.05) is 0 Å². The summed E-state index contributed by atoms with van der Waals surface area (Å²) >= 11 is 0. The van der Waals surface area contributed by atoms with Gasteiger partial charge in [-0.15, -0.1) is 0 Å². The molecule has 2 rings (SSSR count). The molecule has 0 unspecified atom stereocenters. The second-order valence-electron chi connectivity index (χ2n) is 7.09. The van der Waals surface area contributed by atoms with E-state index in [1.165, 1.54) is 24.3 Å². The second-order valence-corrected chi connectivity index (χ2v) is 7.09. The Labute approximate surface area is 134 Å². The number of carbonyl (C=O) groups is 1. The summed E-state index contributed by atoms with van der Waals surface area (Å²) in [4.78, 5) is 27.2. The van der Waals surface area contributed by atoms with Crippen LogP contribution in [0.2, 0.25) is 0 Å². The van der Waals surface area contributed by atoms with Gasteiger partial charge >= 0.3 is 5.97 Å². The number of piperidine rings is 1. The van der Waals surface area contributed by atoms with E-state index in [1.807, 2.05) is 0 Å². The maximum atomic E-state index is 12.0. The van der Waals surface area contributed by atoms with E-state index < -0.39 is 10.9 Å². The molecule has 0 aliphatic carbocycles. The first kappa shape index (κ1) is 17.1. The Bertz CT molecular complexity index is 647. The van der Waals surface area contributed by atoms with E-state index in [0.29, 0.717) is 12.8 Å². The lowest BCUT2D eigenvalue weighted by Gasteiger charge is -2.42. The van der Waals surface area contributed by atoms with Gasteiger partial charge in [-0.05, 0) is 33.8 Å². The fraction of sp³-hybridized carbons (Fsp3) is 0.500. The fourth-order valence-corrected chi connectivity index (χ4v) is 3.06. The van der Waals surface area contributed by atoms with E-state index in [1.54, 1.807) is 0 Å². The van der Waals surface area contributed by atoms with Crippen molar-refractivity contribution in [3.05, 3.63) is 39.9 Å². The zero-order chi connectivity index (χ0) is 17.3. The number of nitro groups is 1. The first-order chi connectivity index (χ1) is 10.6. The van der Waals surface area contributed by atoms with Gasteiger partial charge in [-0.2, -0.15) is 0 Å². The quantitative estimate of drug-likeness (QED) is 0.525. The Hall–Kier alpha value is -2.28. The maximum absolute atomic E-state index is 12.0. The molecule has 0 aromatic heterocycles. The summed E-state index contributed by atoms with van der Waals surface area (Å²) in [5, 5.41) is 18.2. The van der Waals surface area contributed by atoms with Crippen LogP contribution < -0.4 is 5.32 Å². The molecule has 1 aliphatic rings. The van der Waals surface area contributed by atoms with E-state index in [9.17, 15) is 14.9 Å². The monoisotopic (exact) mass is 319 g/mol. The number of non-ortho nitro benzene ring substituents is 1. The molecule has 23 heavy (non-hydrogen) atoms. The van der Waals surface area contributed by atoms with Crippen LogP contribution in [0.15, 0.2) is 29.4 Å². The largest absolute Gasteiger partial charge is 0.365 e. The summed E-state index contributed by atoms with van der Waals surface area (Å²) in [7, 11) is 0. The van der Waals surface area contributed by atoms with Crippen molar-refractivity contribution in [1.82, 2.24) is 5.32 Å². The normalized spacial score (nSPS) is 19.0. The van der Waals surface area contributed by atoms with Crippen molar-refractivity contribution >= 4 is 17.4 Å². The highest BCUT2D eigenvalue weighted by molar-refractivity contribution is 5.92. The van der Waals surface area contributed by atoms with Crippen LogP contribution in [0.1, 0.15) is 50.9 Å². The summed E-state index contributed by atoms with van der Waals surface area (Å²) in [5.74, 6) is -0.699. The summed E-state index contributed by atoms with van der Waals surface area (Å²) < 4.78 is 0. The molecule has 1 aromatic carbocycles. The van der Waals surface area contributed by atoms with Crippen molar-refractivity contribution < 1.29 is 14.6 Å². The van der Waals surface area contributed by atoms with Gasteiger partial charge in [0, 0.05) is 36.1 Å². The van der Waals surface area contributed by atoms with Gasteiger partial charge in [0.05, 0.1) is 16.2 Å². The van der Waals surface area contributed by atoms with Gasteiger partial charge in [0.2, 0.25) is 0 Å². The van der Waals surface area contributed by atoms with Crippen LogP contribution in [0.25, 0.3) is 0 Å². The van der Waals surface area contributed by atoms with Gasteiger partial charge in [-0.1, -0.05) is 11.2 Å². The van der Waals surface area contributed by atoms with Crippen molar-refractivity contribution in [2.24, 2.45) is 5.16 Å². The van der Waals surface area contributed by atoms with E-state index in [2.05, 4.69) is 38.2 Å². The zero-order valence-electron chi connectivity index (χ0n) is 13.8. The number of nitrogens with zero attached hydrogens (tertiary/aromatic N) is 2. The number of nitrogens with one attached hydrogen (secondary N) is 1. The molecule has 1 aliphatic heterocycles. The number of rotatable bonds is 3. The number of carbonyl (C=O) groups excluding carboxylic acids is 1. The van der Waals surface area contributed by atoms with E-state index in [0.717, 1.165) is 5.71 Å². The topological polar surface area (TPSA) is 93.8 Å². The minimum absolute atomic E-state index is 0.107. The van der Waals surface area contributed by atoms with Crippen LogP contribution in [-0.2, 0) is 4.84 Å². The van der Waals surface area contributed by atoms with Crippen molar-refractivity contribution in [1.29, 1.82) is 0 Å². The van der Waals surface area contributed by atoms with E-state index >= 15 is 0 Å². The lowest BCUT2D eigenvalue weighted by Crippen LogP contribution is -2.58. The summed E-state index contributed by atoms with van der Waals surface area (Å²) in [6.45, 7) is 8.25. The molecule has 1 fully saturated rings. The van der Waals surface area contributed by atoms with Crippen molar-refractivity contribution in [2.45, 2.75) is 51.6 Å². The molecule has 124 valence electrons. The average Bonchev–Trinajstić information content (AvgIpc) is 2.41. The SMILES string of the molecule is CC1(C)CC(=NOC(=O)c2cccc([N+](=O)[O-])c2)CC(C)(C)N1. The van der Waals surface area contributed by atoms with Crippen molar-refractivity contribution in [3.63, 3.8) is 0 Å². The van der Waals surface area contributed by atoms with Crippen LogP contribution in [-0.4, -0.2) is 27.7 Å². The molecule has 1 heterocycles. The Morgan fingerprint density at radius 1 is 1.26 bits per heavy atom. The first-order valence-corrected chi connectivity index (χ1v) is 7.39. The van der Waals surface area contributed by atoms with Gasteiger partial charge in [0.25, 0.3) is 5.69 Å². The molecule has 1 saturated heterocycles. The Morgan fingerprint density at radius 3 is 2.43 bits per heavy atom. The second kappa shape index (κ2) is 6.08. The minimum atomic E-state index is -0.699. The summed E-state index contributed by atoms with van der Waals surface area (Å²) in [6, 6.07) is 5.41. The van der Waals surface area contributed by atoms with Gasteiger partial charge in [-0.3, -0.25) is 10.1 Å². The lowest BCUT2D eigenvalue weighted by atomic mass is 9.81. The maximum Gasteiger partial charge on any atom is 0.365 e. The highest BCUT2D eigenvalue weighted by Crippen LogP contribution is 2.26. The Balaban J connectivity index is 2.11. The summed E-state index contributed by atoms with van der Waals surface area (Å²) in [6.07, 6.45) is 1.33. The van der Waals surface area contributed by atoms with Gasteiger partial charge in [0.1, 0.15) is 0 Å². The third-order valence-electron chi connectivity index (χ3n) is 3.52. The molecule has 0 spiro atoms. The van der Waals surface area contributed by atoms with Crippen LogP contribution >= 0.6 is 0 Å². The van der Waals surface area contributed by atoms with Crippen molar-refractivity contribution in [3.8, 4) is 0 Å². The molecule has 0 radical (unpaired) electrons. The third kappa shape index (κ3) is 4.59. The number of hydrogen-bond acceptors (Lipinski definition) is 6. The third-order valence-corrected chi connectivity index (χ3v) is 3.52. The van der Waals surface area contributed by atoms with Gasteiger partial charge in [-0.25, -0.2) is 4.79 Å². The molecule has 0 atom stereocenters. The van der Waals surface area contributed by atoms with Gasteiger partial charge in [0.15, 0.2) is 0 Å². The Kier molecular flexibility index (Phi) is 4.51. The van der Waals surface area contributed by atoms with E-state index in [-0.39, 0.29) is 22.3 Å². The fourth-order valence-electron chi connectivity index (χ4n) is 3.06. The van der Waals surface area contributed by atoms with E-state index in [4.69, 9.17) is 4.84 Å². The first-order valence-electron chi connectivity index (χ1n) is 7.39. The Morgan fingerprint density at radius 2 is 1.87 bits per heavy atom. The zero-order valence-corrected chi connectivity index (χ0v) is 13.8. The predicted molar refractivity (Wildman–Crippen MR) is 86.5 cm³/mol. The molecular weight excluding hydrogens is 298 g/mol. The smallest absolute Gasteiger partial charge is 0.313 e. The lowest BCUT2D eigenvalue weighted by molar-refractivity contribution is -0.384. The molecule has 1 N–H and O–H groups in total. The van der Waals surface area contributed by atoms with Gasteiger partial charge < -0.3 is 10.2 Å². The molecule has 1 aromatic rings. The van der Waals surface area contributed by atoms with Crippen LogP contribution in [0.3, 0.4) is 0 Å².